The van der Waals surface area contributed by atoms with E-state index in [2.05, 4.69) is 0 Å². The Labute approximate surface area is 66.3 Å². The second-order valence-corrected chi connectivity index (χ2v) is 1.59. The molecule has 0 nitrogen and oxygen atoms in total. The molecule has 0 rings (SSSR count). The molecule has 0 aromatic carbocycles. The van der Waals surface area contributed by atoms with Crippen molar-refractivity contribution < 1.29 is 39.5 Å². The van der Waals surface area contributed by atoms with Gasteiger partial charge in [-0.1, -0.05) is 0 Å². The summed E-state index contributed by atoms with van der Waals surface area (Å²) in [6, 6.07) is 0. The number of rotatable bonds is 0. The van der Waals surface area contributed by atoms with Gasteiger partial charge >= 0.3 is 18.8 Å². The minimum atomic E-state index is -5.33. The first-order valence-electron chi connectivity index (χ1n) is 2.48. The van der Waals surface area contributed by atoms with Gasteiger partial charge in [-0.15, -0.1) is 0 Å². The molecule has 0 bridgehead atoms. The fraction of sp³-hybridized carbons (Fsp3) is 1.00. The van der Waals surface area contributed by atoms with Crippen molar-refractivity contribution in [3.05, 3.63) is 0 Å². The Morgan fingerprint density at radius 3 is 1.00 bits per heavy atom. The Balaban J connectivity index is 0. The van der Waals surface area contributed by atoms with Gasteiger partial charge in [0.05, 0.1) is 0 Å². The summed E-state index contributed by atoms with van der Waals surface area (Å²) in [6.45, 7) is -2.23. The summed E-state index contributed by atoms with van der Waals surface area (Å²) in [5.41, 5.74) is 0. The molecular weight excluding hydrogens is 219 g/mol. The zero-order valence-electron chi connectivity index (χ0n) is 5.69. The van der Waals surface area contributed by atoms with Crippen molar-refractivity contribution in [2.75, 3.05) is 6.67 Å². The molecule has 0 spiro atoms. The third-order valence-electron chi connectivity index (χ3n) is 0.399. The summed E-state index contributed by atoms with van der Waals surface area (Å²) < 4.78 is 93.7. The van der Waals surface area contributed by atoms with Crippen LogP contribution in [0, 0.1) is 0 Å². The first-order chi connectivity index (χ1) is 5.50. The van der Waals surface area contributed by atoms with Crippen molar-refractivity contribution in [1.29, 1.82) is 0 Å². The average Bonchev–Trinajstić information content (AvgIpc) is 1.85. The second kappa shape index (κ2) is 5.18. The summed E-state index contributed by atoms with van der Waals surface area (Å²) in [4.78, 5) is 0. The Morgan fingerprint density at radius 1 is 0.846 bits per heavy atom. The van der Waals surface area contributed by atoms with E-state index in [1.54, 1.807) is 0 Å². The second-order valence-electron chi connectivity index (χ2n) is 1.59. The molecule has 0 heterocycles. The van der Waals surface area contributed by atoms with Crippen LogP contribution < -0.4 is 0 Å². The van der Waals surface area contributed by atoms with E-state index in [-0.39, 0.29) is 0 Å². The van der Waals surface area contributed by atoms with Gasteiger partial charge < -0.3 is 0 Å². The van der Waals surface area contributed by atoms with Crippen LogP contribution in [0.3, 0.4) is 0 Å². The highest BCUT2D eigenvalue weighted by Gasteiger charge is 2.40. The van der Waals surface area contributed by atoms with Gasteiger partial charge in [0.15, 0.2) is 6.67 Å². The zero-order valence-corrected chi connectivity index (χ0v) is 5.69. The third kappa shape index (κ3) is 14.2. The highest BCUT2D eigenvalue weighted by molar-refractivity contribution is 4.48. The quantitative estimate of drug-likeness (QED) is 0.551. The molecule has 0 aliphatic rings. The number of halogens is 9. The predicted molar refractivity (Wildman–Crippen MR) is 24.1 cm³/mol. The molecule has 0 aromatic rings. The maximum Gasteiger partial charge on any atom is 0.450 e. The van der Waals surface area contributed by atoms with Gasteiger partial charge in [-0.2, -0.15) is 26.3 Å². The fourth-order valence-corrected chi connectivity index (χ4v) is 0. The van der Waals surface area contributed by atoms with Crippen LogP contribution >= 0.6 is 0 Å². The third-order valence-corrected chi connectivity index (χ3v) is 0.399. The molecule has 13 heavy (non-hydrogen) atoms. The molecule has 0 amide bonds. The standard InChI is InChI=1S/C2HF5.C2H2F4/c3-1(4)2(5,6)7;3-1-2(4,5)6/h1H;1H2. The molecule has 0 saturated heterocycles. The van der Waals surface area contributed by atoms with Crippen molar-refractivity contribution in [3.8, 4) is 0 Å². The van der Waals surface area contributed by atoms with E-state index in [1.165, 1.54) is 0 Å². The lowest BCUT2D eigenvalue weighted by molar-refractivity contribution is -0.219. The van der Waals surface area contributed by atoms with Crippen molar-refractivity contribution in [3.63, 3.8) is 0 Å². The fourth-order valence-electron chi connectivity index (χ4n) is 0. The molecule has 0 saturated carbocycles. The van der Waals surface area contributed by atoms with Crippen LogP contribution in [0.1, 0.15) is 0 Å². The summed E-state index contributed by atoms with van der Waals surface area (Å²) in [5.74, 6) is 0. The molecule has 0 N–H and O–H groups in total. The molecule has 0 fully saturated rings. The van der Waals surface area contributed by atoms with E-state index in [9.17, 15) is 39.5 Å². The Morgan fingerprint density at radius 2 is 1.00 bits per heavy atom. The summed E-state index contributed by atoms with van der Waals surface area (Å²) in [5, 5.41) is 0. The summed E-state index contributed by atoms with van der Waals surface area (Å²) in [6.07, 6.45) is -14.2. The van der Waals surface area contributed by atoms with Gasteiger partial charge in [0.1, 0.15) is 0 Å². The lowest BCUT2D eigenvalue weighted by Crippen LogP contribution is -2.18. The Bertz CT molecular complexity index is 119. The molecule has 0 unspecified atom stereocenters. The molecule has 0 aliphatic carbocycles. The molecule has 0 radical (unpaired) electrons. The lowest BCUT2D eigenvalue weighted by atomic mass is 10.7. The minimum absolute atomic E-state index is 2.23. The van der Waals surface area contributed by atoms with Gasteiger partial charge in [-0.05, 0) is 0 Å². The minimum Gasteiger partial charge on any atom is -0.241 e. The smallest absolute Gasteiger partial charge is 0.241 e. The number of hydrogen-bond acceptors (Lipinski definition) is 0. The molecular formula is C4H3F9. The van der Waals surface area contributed by atoms with Crippen molar-refractivity contribution >= 4 is 0 Å². The highest BCUT2D eigenvalue weighted by Crippen LogP contribution is 2.22. The molecule has 9 heteroatoms. The van der Waals surface area contributed by atoms with Crippen LogP contribution in [0.15, 0.2) is 0 Å². The topological polar surface area (TPSA) is 0 Å². The highest BCUT2D eigenvalue weighted by atomic mass is 19.4. The van der Waals surface area contributed by atoms with E-state index in [4.69, 9.17) is 0 Å². The summed E-state index contributed by atoms with van der Waals surface area (Å²) >= 11 is 0. The first kappa shape index (κ1) is 14.9. The number of alkyl halides is 9. The molecule has 0 atom stereocenters. The van der Waals surface area contributed by atoms with Crippen LogP contribution in [0.5, 0.6) is 0 Å². The van der Waals surface area contributed by atoms with E-state index < -0.39 is 25.5 Å². The molecule has 82 valence electrons. The molecule has 0 aliphatic heterocycles. The Kier molecular flexibility index (Phi) is 5.92. The normalized spacial score (nSPS) is 12.5. The largest absolute Gasteiger partial charge is 0.450 e. The van der Waals surface area contributed by atoms with Crippen LogP contribution in [-0.2, 0) is 0 Å². The SMILES string of the molecule is FC(F)C(F)(F)F.FCC(F)(F)F. The lowest BCUT2D eigenvalue weighted by Gasteiger charge is -2.00. The van der Waals surface area contributed by atoms with E-state index in [0.717, 1.165) is 0 Å². The van der Waals surface area contributed by atoms with Gasteiger partial charge in [0, 0.05) is 0 Å². The predicted octanol–water partition coefficient (Wildman–Crippen LogP) is 3.33. The van der Waals surface area contributed by atoms with Gasteiger partial charge in [-0.3, -0.25) is 0 Å². The van der Waals surface area contributed by atoms with Crippen molar-refractivity contribution in [2.24, 2.45) is 0 Å². The first-order valence-corrected chi connectivity index (χ1v) is 2.48. The van der Waals surface area contributed by atoms with E-state index >= 15 is 0 Å². The van der Waals surface area contributed by atoms with Crippen molar-refractivity contribution in [2.45, 2.75) is 18.8 Å². The zero-order chi connectivity index (χ0) is 11.3. The van der Waals surface area contributed by atoms with Crippen molar-refractivity contribution in [1.82, 2.24) is 0 Å². The van der Waals surface area contributed by atoms with Crippen LogP contribution in [0.4, 0.5) is 39.5 Å². The Hall–Kier alpha value is -0.630. The van der Waals surface area contributed by atoms with Crippen LogP contribution in [0.25, 0.3) is 0 Å². The maximum atomic E-state index is 10.4. The average molecular weight is 222 g/mol. The monoisotopic (exact) mass is 222 g/mol. The van der Waals surface area contributed by atoms with Crippen LogP contribution in [-0.4, -0.2) is 25.5 Å². The number of hydrogen-bond donors (Lipinski definition) is 0. The maximum absolute atomic E-state index is 10.4. The van der Waals surface area contributed by atoms with Gasteiger partial charge in [0.2, 0.25) is 0 Å². The van der Waals surface area contributed by atoms with Crippen LogP contribution in [0.2, 0.25) is 0 Å². The van der Waals surface area contributed by atoms with E-state index in [0.29, 0.717) is 0 Å². The van der Waals surface area contributed by atoms with Gasteiger partial charge in [-0.25, -0.2) is 13.2 Å². The van der Waals surface area contributed by atoms with E-state index in [1.807, 2.05) is 0 Å². The molecule has 0 aromatic heterocycles. The summed E-state index contributed by atoms with van der Waals surface area (Å²) in [7, 11) is 0. The van der Waals surface area contributed by atoms with Gasteiger partial charge in [0.25, 0.3) is 0 Å².